The third kappa shape index (κ3) is 2.85. The quantitative estimate of drug-likeness (QED) is 0.788. The zero-order valence-electron chi connectivity index (χ0n) is 9.87. The number of ether oxygens (including phenoxy) is 1. The van der Waals surface area contributed by atoms with Crippen molar-refractivity contribution in [3.05, 3.63) is 58.8 Å². The Bertz CT molecular complexity index is 514. The average Bonchev–Trinajstić information content (AvgIpc) is 2.72. The Hall–Kier alpha value is -1.81. The van der Waals surface area contributed by atoms with Crippen LogP contribution in [0.5, 0.6) is 0 Å². The largest absolute Gasteiger partial charge is 0.356 e. The Morgan fingerprint density at radius 1 is 1.12 bits per heavy atom. The van der Waals surface area contributed by atoms with Crippen LogP contribution in [0, 0.1) is 0 Å². The molecule has 0 fully saturated rings. The highest BCUT2D eigenvalue weighted by Crippen LogP contribution is 2.00. The van der Waals surface area contributed by atoms with Gasteiger partial charge in [-0.1, -0.05) is 30.3 Å². The van der Waals surface area contributed by atoms with Crippen LogP contribution in [0.25, 0.3) is 0 Å². The summed E-state index contributed by atoms with van der Waals surface area (Å²) in [5.41, 5.74) is 1.08. The molecule has 90 valence electrons. The van der Waals surface area contributed by atoms with Crippen molar-refractivity contribution in [1.82, 2.24) is 9.13 Å². The minimum atomic E-state index is -0.0273. The first-order valence-corrected chi connectivity index (χ1v) is 5.68. The Morgan fingerprint density at radius 3 is 2.47 bits per heavy atom. The summed E-state index contributed by atoms with van der Waals surface area (Å²) in [4.78, 5) is 11.7. The van der Waals surface area contributed by atoms with Crippen molar-refractivity contribution in [3.8, 4) is 0 Å². The summed E-state index contributed by atoms with van der Waals surface area (Å²) < 4.78 is 8.70. The highest BCUT2D eigenvalue weighted by molar-refractivity contribution is 5.13. The number of benzene rings is 1. The van der Waals surface area contributed by atoms with Gasteiger partial charge >= 0.3 is 5.69 Å². The van der Waals surface area contributed by atoms with E-state index in [4.69, 9.17) is 4.74 Å². The van der Waals surface area contributed by atoms with Gasteiger partial charge in [-0.2, -0.15) is 0 Å². The molecule has 0 amide bonds. The number of hydrogen-bond donors (Lipinski definition) is 0. The van der Waals surface area contributed by atoms with Crippen LogP contribution in [0.15, 0.2) is 47.5 Å². The molecule has 2 rings (SSSR count). The van der Waals surface area contributed by atoms with E-state index in [1.165, 1.54) is 0 Å². The standard InChI is InChI=1S/C13H16N2O2/c1-2-14-8-9-15(13(14)16)11-17-10-12-6-4-3-5-7-12/h3-9H,2,10-11H2,1H3. The molecule has 0 atom stereocenters. The van der Waals surface area contributed by atoms with Crippen LogP contribution in [0.3, 0.4) is 0 Å². The number of hydrogen-bond acceptors (Lipinski definition) is 2. The molecular formula is C13H16N2O2. The van der Waals surface area contributed by atoms with Crippen LogP contribution in [-0.4, -0.2) is 9.13 Å². The number of rotatable bonds is 5. The van der Waals surface area contributed by atoms with E-state index >= 15 is 0 Å². The number of aryl methyl sites for hydroxylation is 1. The van der Waals surface area contributed by atoms with Crippen LogP contribution in [0.2, 0.25) is 0 Å². The Morgan fingerprint density at radius 2 is 1.82 bits per heavy atom. The molecule has 0 aliphatic carbocycles. The van der Waals surface area contributed by atoms with E-state index in [0.29, 0.717) is 19.9 Å². The van der Waals surface area contributed by atoms with Crippen LogP contribution in [-0.2, 0) is 24.6 Å². The van der Waals surface area contributed by atoms with Crippen LogP contribution < -0.4 is 5.69 Å². The summed E-state index contributed by atoms with van der Waals surface area (Å²) in [5, 5.41) is 0. The second-order valence-electron chi connectivity index (χ2n) is 3.80. The van der Waals surface area contributed by atoms with Gasteiger partial charge in [0, 0.05) is 18.9 Å². The zero-order valence-corrected chi connectivity index (χ0v) is 9.87. The van der Waals surface area contributed by atoms with Gasteiger partial charge in [0.05, 0.1) is 6.61 Å². The molecule has 17 heavy (non-hydrogen) atoms. The second-order valence-corrected chi connectivity index (χ2v) is 3.80. The molecule has 0 radical (unpaired) electrons. The fraction of sp³-hybridized carbons (Fsp3) is 0.308. The summed E-state index contributed by atoms with van der Waals surface area (Å²) >= 11 is 0. The summed E-state index contributed by atoms with van der Waals surface area (Å²) in [6, 6.07) is 9.91. The lowest BCUT2D eigenvalue weighted by molar-refractivity contribution is 0.0615. The van der Waals surface area contributed by atoms with Crippen molar-refractivity contribution >= 4 is 0 Å². The molecule has 1 aromatic heterocycles. The molecule has 4 nitrogen and oxygen atoms in total. The van der Waals surface area contributed by atoms with E-state index in [9.17, 15) is 4.79 Å². The highest BCUT2D eigenvalue weighted by Gasteiger charge is 2.00. The molecule has 4 heteroatoms. The highest BCUT2D eigenvalue weighted by atomic mass is 16.5. The third-order valence-electron chi connectivity index (χ3n) is 2.60. The fourth-order valence-electron chi connectivity index (χ4n) is 1.63. The zero-order chi connectivity index (χ0) is 12.1. The van der Waals surface area contributed by atoms with Gasteiger partial charge in [-0.05, 0) is 12.5 Å². The van der Waals surface area contributed by atoms with Crippen LogP contribution in [0.1, 0.15) is 12.5 Å². The first-order valence-electron chi connectivity index (χ1n) is 5.68. The Balaban J connectivity index is 1.90. The normalized spacial score (nSPS) is 10.6. The molecular weight excluding hydrogens is 216 g/mol. The van der Waals surface area contributed by atoms with Crippen molar-refractivity contribution in [2.45, 2.75) is 26.8 Å². The summed E-state index contributed by atoms with van der Waals surface area (Å²) in [5.74, 6) is 0. The molecule has 0 aliphatic rings. The van der Waals surface area contributed by atoms with Gasteiger partial charge in [0.25, 0.3) is 0 Å². The molecule has 0 spiro atoms. The second kappa shape index (κ2) is 5.50. The average molecular weight is 232 g/mol. The summed E-state index contributed by atoms with van der Waals surface area (Å²) in [6.07, 6.45) is 3.52. The molecule has 1 aromatic carbocycles. The summed E-state index contributed by atoms with van der Waals surface area (Å²) in [6.45, 7) is 3.44. The van der Waals surface area contributed by atoms with E-state index in [1.807, 2.05) is 37.3 Å². The first-order chi connectivity index (χ1) is 8.31. The maximum absolute atomic E-state index is 11.7. The molecule has 2 aromatic rings. The van der Waals surface area contributed by atoms with Crippen molar-refractivity contribution in [2.24, 2.45) is 0 Å². The fourth-order valence-corrected chi connectivity index (χ4v) is 1.63. The van der Waals surface area contributed by atoms with Gasteiger partial charge in [0.15, 0.2) is 0 Å². The van der Waals surface area contributed by atoms with E-state index in [2.05, 4.69) is 0 Å². The Labute approximate surface area is 100 Å². The lowest BCUT2D eigenvalue weighted by atomic mass is 10.2. The topological polar surface area (TPSA) is 36.2 Å². The van der Waals surface area contributed by atoms with E-state index in [-0.39, 0.29) is 5.69 Å². The van der Waals surface area contributed by atoms with Crippen LogP contribution >= 0.6 is 0 Å². The SMILES string of the molecule is CCn1ccn(COCc2ccccc2)c1=O. The van der Waals surface area contributed by atoms with Gasteiger partial charge in [-0.3, -0.25) is 9.13 Å². The predicted octanol–water partition coefficient (Wildman–Crippen LogP) is 1.84. The molecule has 0 N–H and O–H groups in total. The first kappa shape index (κ1) is 11.7. The van der Waals surface area contributed by atoms with Crippen molar-refractivity contribution in [3.63, 3.8) is 0 Å². The maximum atomic E-state index is 11.7. The molecule has 0 aliphatic heterocycles. The minimum Gasteiger partial charge on any atom is -0.356 e. The van der Waals surface area contributed by atoms with Crippen molar-refractivity contribution in [1.29, 1.82) is 0 Å². The Kier molecular flexibility index (Phi) is 3.77. The maximum Gasteiger partial charge on any atom is 0.330 e. The predicted molar refractivity (Wildman–Crippen MR) is 65.6 cm³/mol. The van der Waals surface area contributed by atoms with Gasteiger partial charge in [-0.25, -0.2) is 4.79 Å². The molecule has 0 unspecified atom stereocenters. The van der Waals surface area contributed by atoms with E-state index < -0.39 is 0 Å². The molecule has 0 bridgehead atoms. The molecule has 0 saturated heterocycles. The lowest BCUT2D eigenvalue weighted by Crippen LogP contribution is -2.24. The number of aromatic nitrogens is 2. The van der Waals surface area contributed by atoms with Gasteiger partial charge < -0.3 is 4.74 Å². The van der Waals surface area contributed by atoms with Gasteiger partial charge in [0.2, 0.25) is 0 Å². The number of imidazole rings is 1. The van der Waals surface area contributed by atoms with Crippen molar-refractivity contribution in [2.75, 3.05) is 0 Å². The smallest absolute Gasteiger partial charge is 0.330 e. The molecule has 1 heterocycles. The third-order valence-corrected chi connectivity index (χ3v) is 2.60. The van der Waals surface area contributed by atoms with Gasteiger partial charge in [0.1, 0.15) is 6.73 Å². The van der Waals surface area contributed by atoms with E-state index in [1.54, 1.807) is 21.5 Å². The number of nitrogens with zero attached hydrogens (tertiary/aromatic N) is 2. The summed E-state index contributed by atoms with van der Waals surface area (Å²) in [7, 11) is 0. The minimum absolute atomic E-state index is 0.0273. The lowest BCUT2D eigenvalue weighted by Gasteiger charge is -2.04. The molecule has 0 saturated carbocycles. The van der Waals surface area contributed by atoms with E-state index in [0.717, 1.165) is 5.56 Å². The van der Waals surface area contributed by atoms with Gasteiger partial charge in [-0.15, -0.1) is 0 Å². The van der Waals surface area contributed by atoms with Crippen molar-refractivity contribution < 1.29 is 4.74 Å². The van der Waals surface area contributed by atoms with Crippen LogP contribution in [0.4, 0.5) is 0 Å². The monoisotopic (exact) mass is 232 g/mol.